The monoisotopic (exact) mass is 317 g/mol. The normalized spacial score (nSPS) is 16.5. The van der Waals surface area contributed by atoms with E-state index in [4.69, 9.17) is 4.74 Å². The molecule has 0 atom stereocenters. The molecule has 0 saturated carbocycles. The zero-order chi connectivity index (χ0) is 14.8. The number of morpholine rings is 1. The molecule has 2 heterocycles. The van der Waals surface area contributed by atoms with Gasteiger partial charge in [-0.15, -0.1) is 0 Å². The molecule has 1 fully saturated rings. The molecule has 3 rings (SSSR count). The maximum Gasteiger partial charge on any atom is 0.196 e. The summed E-state index contributed by atoms with van der Waals surface area (Å²) in [6.07, 6.45) is 0. The van der Waals surface area contributed by atoms with Gasteiger partial charge in [0.1, 0.15) is 5.52 Å². The lowest BCUT2D eigenvalue weighted by molar-refractivity contribution is 0.0398. The number of anilines is 1. The fourth-order valence-corrected chi connectivity index (χ4v) is 3.11. The van der Waals surface area contributed by atoms with Gasteiger partial charge in [0.15, 0.2) is 22.6 Å². The molecule has 1 N–H and O–H groups in total. The summed E-state index contributed by atoms with van der Waals surface area (Å²) in [7, 11) is 0. The van der Waals surface area contributed by atoms with E-state index in [0.29, 0.717) is 16.4 Å². The molecule has 0 spiro atoms. The molecular weight excluding hydrogens is 303 g/mol. The van der Waals surface area contributed by atoms with Gasteiger partial charge < -0.3 is 10.1 Å². The van der Waals surface area contributed by atoms with Crippen molar-refractivity contribution in [3.8, 4) is 0 Å². The maximum atomic E-state index is 13.6. The van der Waals surface area contributed by atoms with Crippen molar-refractivity contribution in [1.29, 1.82) is 0 Å². The van der Waals surface area contributed by atoms with Gasteiger partial charge in [-0.2, -0.15) is 0 Å². The zero-order valence-corrected chi connectivity index (χ0v) is 12.0. The molecule has 0 unspecified atom stereocenters. The van der Waals surface area contributed by atoms with Crippen molar-refractivity contribution >= 4 is 26.7 Å². The van der Waals surface area contributed by atoms with Crippen molar-refractivity contribution in [2.45, 2.75) is 0 Å². The third-order valence-corrected chi connectivity index (χ3v) is 4.29. The lowest BCUT2D eigenvalue weighted by Gasteiger charge is -2.26. The van der Waals surface area contributed by atoms with E-state index in [0.717, 1.165) is 50.3 Å². The second kappa shape index (κ2) is 6.17. The molecule has 1 aliphatic rings. The van der Waals surface area contributed by atoms with Gasteiger partial charge in [0.05, 0.1) is 17.9 Å². The number of fused-ring (bicyclic) bond motifs is 1. The van der Waals surface area contributed by atoms with Crippen molar-refractivity contribution < 1.29 is 17.9 Å². The molecule has 2 aromatic rings. The first-order chi connectivity index (χ1) is 10.1. The van der Waals surface area contributed by atoms with Crippen LogP contribution in [0.3, 0.4) is 0 Å². The Kier molecular flexibility index (Phi) is 4.27. The number of benzene rings is 1. The Morgan fingerprint density at radius 1 is 1.24 bits per heavy atom. The molecular formula is C13H14F3N3OS. The summed E-state index contributed by atoms with van der Waals surface area (Å²) in [5.41, 5.74) is -0.132. The van der Waals surface area contributed by atoms with Crippen molar-refractivity contribution in [2.24, 2.45) is 0 Å². The summed E-state index contributed by atoms with van der Waals surface area (Å²) >= 11 is 1.11. The van der Waals surface area contributed by atoms with Crippen molar-refractivity contribution in [3.63, 3.8) is 0 Å². The Morgan fingerprint density at radius 3 is 2.76 bits per heavy atom. The van der Waals surface area contributed by atoms with E-state index in [-0.39, 0.29) is 5.52 Å². The van der Waals surface area contributed by atoms with Crippen LogP contribution in [0.2, 0.25) is 0 Å². The summed E-state index contributed by atoms with van der Waals surface area (Å²) in [5.74, 6) is -3.90. The number of aromatic nitrogens is 1. The summed E-state index contributed by atoms with van der Waals surface area (Å²) in [6, 6.07) is 0.971. The van der Waals surface area contributed by atoms with Crippen molar-refractivity contribution in [3.05, 3.63) is 23.5 Å². The Bertz CT molecular complexity index is 643. The summed E-state index contributed by atoms with van der Waals surface area (Å²) in [6.45, 7) is 4.66. The van der Waals surface area contributed by atoms with Crippen LogP contribution >= 0.6 is 11.3 Å². The summed E-state index contributed by atoms with van der Waals surface area (Å²) in [5, 5.41) is 3.52. The van der Waals surface area contributed by atoms with E-state index in [2.05, 4.69) is 15.2 Å². The molecule has 1 aromatic carbocycles. The molecule has 1 saturated heterocycles. The predicted octanol–water partition coefficient (Wildman–Crippen LogP) is 2.46. The lowest BCUT2D eigenvalue weighted by atomic mass is 10.3. The Balaban J connectivity index is 1.66. The highest BCUT2D eigenvalue weighted by Gasteiger charge is 2.17. The first-order valence-electron chi connectivity index (χ1n) is 6.63. The molecule has 0 bridgehead atoms. The smallest absolute Gasteiger partial charge is 0.196 e. The van der Waals surface area contributed by atoms with Gasteiger partial charge in [-0.05, 0) is 6.07 Å². The topological polar surface area (TPSA) is 37.4 Å². The van der Waals surface area contributed by atoms with Crippen LogP contribution in [0.4, 0.5) is 18.3 Å². The molecule has 21 heavy (non-hydrogen) atoms. The minimum atomic E-state index is -1.48. The van der Waals surface area contributed by atoms with Gasteiger partial charge in [0.2, 0.25) is 0 Å². The lowest BCUT2D eigenvalue weighted by Crippen LogP contribution is -2.38. The molecule has 0 radical (unpaired) electrons. The van der Waals surface area contributed by atoms with Crippen LogP contribution in [0.5, 0.6) is 0 Å². The van der Waals surface area contributed by atoms with E-state index in [1.807, 2.05) is 0 Å². The fraction of sp³-hybridized carbons (Fsp3) is 0.462. The third-order valence-electron chi connectivity index (χ3n) is 3.33. The highest BCUT2D eigenvalue weighted by Crippen LogP contribution is 2.30. The highest BCUT2D eigenvalue weighted by molar-refractivity contribution is 7.22. The van der Waals surface area contributed by atoms with Crippen LogP contribution in [-0.4, -0.2) is 49.3 Å². The number of hydrogen-bond donors (Lipinski definition) is 1. The SMILES string of the molecule is Fc1cc2sc(NCCN3CCOCC3)nc2c(F)c1F. The second-order valence-electron chi connectivity index (χ2n) is 4.73. The van der Waals surface area contributed by atoms with Crippen LogP contribution in [0.15, 0.2) is 6.07 Å². The number of nitrogens with one attached hydrogen (secondary N) is 1. The zero-order valence-electron chi connectivity index (χ0n) is 11.2. The van der Waals surface area contributed by atoms with Gasteiger partial charge in [0, 0.05) is 26.2 Å². The molecule has 114 valence electrons. The molecule has 8 heteroatoms. The highest BCUT2D eigenvalue weighted by atomic mass is 32.1. The Hall–Kier alpha value is -1.38. The molecule has 1 aromatic heterocycles. The number of thiazole rings is 1. The van der Waals surface area contributed by atoms with Crippen LogP contribution in [0, 0.1) is 17.5 Å². The maximum absolute atomic E-state index is 13.6. The average Bonchev–Trinajstić information content (AvgIpc) is 2.89. The number of rotatable bonds is 4. The second-order valence-corrected chi connectivity index (χ2v) is 5.76. The quantitative estimate of drug-likeness (QED) is 0.879. The van der Waals surface area contributed by atoms with E-state index in [1.165, 1.54) is 0 Å². The average molecular weight is 317 g/mol. The third kappa shape index (κ3) is 3.12. The predicted molar refractivity (Wildman–Crippen MR) is 75.2 cm³/mol. The molecule has 0 amide bonds. The van der Waals surface area contributed by atoms with Gasteiger partial charge in [-0.3, -0.25) is 4.90 Å². The first-order valence-corrected chi connectivity index (χ1v) is 7.45. The molecule has 1 aliphatic heterocycles. The van der Waals surface area contributed by atoms with Crippen LogP contribution in [-0.2, 0) is 4.74 Å². The van der Waals surface area contributed by atoms with E-state index >= 15 is 0 Å². The standard InChI is InChI=1S/C13H14F3N3OS/c14-8-7-9-12(11(16)10(8)15)18-13(21-9)17-1-2-19-3-5-20-6-4-19/h7H,1-6H2,(H,17,18). The first kappa shape index (κ1) is 14.6. The fourth-order valence-electron chi connectivity index (χ4n) is 2.20. The van der Waals surface area contributed by atoms with Crippen molar-refractivity contribution in [2.75, 3.05) is 44.7 Å². The van der Waals surface area contributed by atoms with Gasteiger partial charge in [-0.1, -0.05) is 11.3 Å². The van der Waals surface area contributed by atoms with Gasteiger partial charge in [-0.25, -0.2) is 18.2 Å². The number of halogens is 3. The molecule has 4 nitrogen and oxygen atoms in total. The van der Waals surface area contributed by atoms with E-state index in [1.54, 1.807) is 0 Å². The van der Waals surface area contributed by atoms with E-state index < -0.39 is 17.5 Å². The Labute approximate surface area is 123 Å². The largest absolute Gasteiger partial charge is 0.379 e. The summed E-state index contributed by atoms with van der Waals surface area (Å²) in [4.78, 5) is 6.22. The summed E-state index contributed by atoms with van der Waals surface area (Å²) < 4.78 is 45.4. The number of ether oxygens (including phenoxy) is 1. The number of nitrogens with zero attached hydrogens (tertiary/aromatic N) is 2. The van der Waals surface area contributed by atoms with Crippen LogP contribution < -0.4 is 5.32 Å². The Morgan fingerprint density at radius 2 is 2.00 bits per heavy atom. The van der Waals surface area contributed by atoms with Gasteiger partial charge >= 0.3 is 0 Å². The van der Waals surface area contributed by atoms with Gasteiger partial charge in [0.25, 0.3) is 0 Å². The minimum absolute atomic E-state index is 0.132. The number of hydrogen-bond acceptors (Lipinski definition) is 5. The minimum Gasteiger partial charge on any atom is -0.379 e. The van der Waals surface area contributed by atoms with Crippen LogP contribution in [0.1, 0.15) is 0 Å². The van der Waals surface area contributed by atoms with E-state index in [9.17, 15) is 13.2 Å². The van der Waals surface area contributed by atoms with Crippen LogP contribution in [0.25, 0.3) is 10.2 Å². The molecule has 0 aliphatic carbocycles. The van der Waals surface area contributed by atoms with Crippen molar-refractivity contribution in [1.82, 2.24) is 9.88 Å².